The largest absolute Gasteiger partial charge is 0.378 e. The zero-order valence-corrected chi connectivity index (χ0v) is 14.9. The number of aliphatic imine (C=N–C) groups is 2. The zero-order valence-electron chi connectivity index (χ0n) is 14.9. The summed E-state index contributed by atoms with van der Waals surface area (Å²) in [6.45, 7) is 9.59. The molecular weight excluding hydrogens is 288 g/mol. The third-order valence-corrected chi connectivity index (χ3v) is 3.58. The molecule has 0 saturated carbocycles. The number of ether oxygens (including phenoxy) is 1. The van der Waals surface area contributed by atoms with Crippen molar-refractivity contribution in [2.75, 3.05) is 40.4 Å². The predicted octanol–water partition coefficient (Wildman–Crippen LogP) is 3.01. The van der Waals surface area contributed by atoms with E-state index in [1.165, 1.54) is 0 Å². The maximum atomic E-state index is 5.46. The highest BCUT2D eigenvalue weighted by Gasteiger charge is 2.24. The number of para-hydroxylation sites is 1. The van der Waals surface area contributed by atoms with Crippen LogP contribution in [0.4, 0.5) is 5.69 Å². The molecule has 0 aromatic heterocycles. The number of morpholine rings is 1. The van der Waals surface area contributed by atoms with Crippen molar-refractivity contribution in [2.24, 2.45) is 15.4 Å². The standard InChI is InChI=1S/C18H28N4O/c1-18(2,3)16(21(4)5)20-17(22-11-13-23-14-12-22)19-15-9-7-6-8-10-15/h6-10H,11-14H2,1-5H3/b19-17?,20-16+. The molecule has 0 unspecified atom stereocenters. The van der Waals surface area contributed by atoms with E-state index in [9.17, 15) is 0 Å². The number of amidine groups is 1. The summed E-state index contributed by atoms with van der Waals surface area (Å²) in [5, 5.41) is 0. The molecule has 1 aliphatic heterocycles. The highest BCUT2D eigenvalue weighted by molar-refractivity contribution is 5.99. The Balaban J connectivity index is 2.42. The SMILES string of the molecule is CN(C)/C(=N/C(=Nc1ccccc1)N1CCOCC1)C(C)(C)C. The van der Waals surface area contributed by atoms with E-state index in [2.05, 4.69) is 30.6 Å². The number of benzene rings is 1. The van der Waals surface area contributed by atoms with Gasteiger partial charge in [-0.2, -0.15) is 4.99 Å². The van der Waals surface area contributed by atoms with Crippen molar-refractivity contribution in [1.29, 1.82) is 0 Å². The minimum absolute atomic E-state index is 0.0484. The molecule has 0 radical (unpaired) electrons. The van der Waals surface area contributed by atoms with E-state index < -0.39 is 0 Å². The van der Waals surface area contributed by atoms with E-state index in [0.29, 0.717) is 0 Å². The second-order valence-electron chi connectivity index (χ2n) is 6.93. The molecule has 1 aliphatic rings. The van der Waals surface area contributed by atoms with Crippen LogP contribution in [0.5, 0.6) is 0 Å². The smallest absolute Gasteiger partial charge is 0.227 e. The van der Waals surface area contributed by atoms with Crippen molar-refractivity contribution in [1.82, 2.24) is 9.80 Å². The maximum absolute atomic E-state index is 5.46. The molecule has 1 fully saturated rings. The minimum Gasteiger partial charge on any atom is -0.378 e. The fourth-order valence-electron chi connectivity index (χ4n) is 2.58. The Hall–Kier alpha value is -1.88. The van der Waals surface area contributed by atoms with Crippen LogP contribution in [0.2, 0.25) is 0 Å². The van der Waals surface area contributed by atoms with Crippen LogP contribution in [0, 0.1) is 5.41 Å². The summed E-state index contributed by atoms with van der Waals surface area (Å²) in [7, 11) is 4.06. The van der Waals surface area contributed by atoms with Crippen molar-refractivity contribution < 1.29 is 4.74 Å². The summed E-state index contributed by atoms with van der Waals surface area (Å²) in [4.78, 5) is 14.0. The van der Waals surface area contributed by atoms with Gasteiger partial charge in [-0.25, -0.2) is 4.99 Å². The summed E-state index contributed by atoms with van der Waals surface area (Å²) < 4.78 is 5.46. The van der Waals surface area contributed by atoms with Crippen LogP contribution in [0.25, 0.3) is 0 Å². The van der Waals surface area contributed by atoms with Crippen molar-refractivity contribution in [2.45, 2.75) is 20.8 Å². The molecule has 5 heteroatoms. The van der Waals surface area contributed by atoms with Gasteiger partial charge in [0.2, 0.25) is 5.96 Å². The molecule has 2 rings (SSSR count). The average Bonchev–Trinajstić information content (AvgIpc) is 2.51. The monoisotopic (exact) mass is 316 g/mol. The van der Waals surface area contributed by atoms with Crippen molar-refractivity contribution in [3.05, 3.63) is 30.3 Å². The molecule has 0 amide bonds. The Labute approximate surface area is 139 Å². The third-order valence-electron chi connectivity index (χ3n) is 3.58. The van der Waals surface area contributed by atoms with Crippen molar-refractivity contribution in [3.8, 4) is 0 Å². The van der Waals surface area contributed by atoms with Crippen LogP contribution < -0.4 is 0 Å². The molecule has 1 aromatic carbocycles. The van der Waals surface area contributed by atoms with E-state index in [1.54, 1.807) is 0 Å². The summed E-state index contributed by atoms with van der Waals surface area (Å²) in [5.41, 5.74) is 0.873. The molecule has 5 nitrogen and oxygen atoms in total. The molecule has 0 N–H and O–H groups in total. The topological polar surface area (TPSA) is 40.4 Å². The van der Waals surface area contributed by atoms with Gasteiger partial charge in [0.25, 0.3) is 0 Å². The highest BCUT2D eigenvalue weighted by Crippen LogP contribution is 2.20. The van der Waals surface area contributed by atoms with Gasteiger partial charge < -0.3 is 14.5 Å². The lowest BCUT2D eigenvalue weighted by Crippen LogP contribution is -2.42. The first-order valence-corrected chi connectivity index (χ1v) is 8.11. The van der Waals surface area contributed by atoms with Gasteiger partial charge in [0.1, 0.15) is 5.84 Å². The molecule has 0 bridgehead atoms. The van der Waals surface area contributed by atoms with Gasteiger partial charge in [-0.1, -0.05) is 39.0 Å². The van der Waals surface area contributed by atoms with Crippen molar-refractivity contribution in [3.63, 3.8) is 0 Å². The Morgan fingerprint density at radius 2 is 1.70 bits per heavy atom. The number of hydrogen-bond acceptors (Lipinski definition) is 2. The molecule has 0 spiro atoms. The molecule has 1 heterocycles. The van der Waals surface area contributed by atoms with E-state index in [-0.39, 0.29) is 5.41 Å². The minimum atomic E-state index is -0.0484. The first-order valence-electron chi connectivity index (χ1n) is 8.11. The molecule has 126 valence electrons. The van der Waals surface area contributed by atoms with Crippen LogP contribution in [0.1, 0.15) is 20.8 Å². The lowest BCUT2D eigenvalue weighted by molar-refractivity contribution is 0.0676. The van der Waals surface area contributed by atoms with Gasteiger partial charge in [-0.3, -0.25) is 0 Å². The average molecular weight is 316 g/mol. The maximum Gasteiger partial charge on any atom is 0.227 e. The van der Waals surface area contributed by atoms with Gasteiger partial charge in [0.15, 0.2) is 0 Å². The number of guanidine groups is 1. The van der Waals surface area contributed by atoms with Gasteiger partial charge in [0, 0.05) is 32.6 Å². The van der Waals surface area contributed by atoms with Gasteiger partial charge >= 0.3 is 0 Å². The Bertz CT molecular complexity index is 552. The predicted molar refractivity (Wildman–Crippen MR) is 96.5 cm³/mol. The van der Waals surface area contributed by atoms with Gasteiger partial charge in [-0.15, -0.1) is 0 Å². The van der Waals surface area contributed by atoms with Crippen LogP contribution in [-0.4, -0.2) is 62.0 Å². The van der Waals surface area contributed by atoms with E-state index in [1.807, 2.05) is 44.4 Å². The molecule has 23 heavy (non-hydrogen) atoms. The summed E-state index contributed by atoms with van der Waals surface area (Å²) >= 11 is 0. The van der Waals surface area contributed by atoms with E-state index in [4.69, 9.17) is 14.7 Å². The highest BCUT2D eigenvalue weighted by atomic mass is 16.5. The number of hydrogen-bond donors (Lipinski definition) is 0. The van der Waals surface area contributed by atoms with Gasteiger partial charge in [0.05, 0.1) is 18.9 Å². The zero-order chi connectivity index (χ0) is 16.9. The van der Waals surface area contributed by atoms with Crippen LogP contribution >= 0.6 is 0 Å². The second-order valence-corrected chi connectivity index (χ2v) is 6.93. The number of nitrogens with zero attached hydrogens (tertiary/aromatic N) is 4. The van der Waals surface area contributed by atoms with Crippen LogP contribution in [0.3, 0.4) is 0 Å². The molecule has 0 atom stereocenters. The van der Waals surface area contributed by atoms with Crippen LogP contribution in [0.15, 0.2) is 40.3 Å². The Kier molecular flexibility index (Phi) is 5.77. The summed E-state index contributed by atoms with van der Waals surface area (Å²) in [6.07, 6.45) is 0. The van der Waals surface area contributed by atoms with E-state index in [0.717, 1.165) is 43.8 Å². The quantitative estimate of drug-likeness (QED) is 0.591. The molecular formula is C18H28N4O. The number of rotatable bonds is 1. The van der Waals surface area contributed by atoms with Crippen molar-refractivity contribution >= 4 is 17.5 Å². The third kappa shape index (κ3) is 5.06. The van der Waals surface area contributed by atoms with Gasteiger partial charge in [-0.05, 0) is 12.1 Å². The lowest BCUT2D eigenvalue weighted by atomic mass is 9.94. The molecule has 1 saturated heterocycles. The molecule has 0 aliphatic carbocycles. The van der Waals surface area contributed by atoms with Crippen LogP contribution in [-0.2, 0) is 4.74 Å². The second kappa shape index (κ2) is 7.59. The summed E-state index contributed by atoms with van der Waals surface area (Å²) in [6, 6.07) is 9.99. The lowest BCUT2D eigenvalue weighted by Gasteiger charge is -2.31. The summed E-state index contributed by atoms with van der Waals surface area (Å²) in [5.74, 6) is 1.77. The molecule has 1 aromatic rings. The Morgan fingerprint density at radius 3 is 2.22 bits per heavy atom. The van der Waals surface area contributed by atoms with E-state index >= 15 is 0 Å². The first kappa shape index (κ1) is 17.5. The first-order chi connectivity index (χ1) is 10.9. The fraction of sp³-hybridized carbons (Fsp3) is 0.556. The Morgan fingerprint density at radius 1 is 1.09 bits per heavy atom. The fourth-order valence-corrected chi connectivity index (χ4v) is 2.58. The normalized spacial score (nSPS) is 17.3.